The van der Waals surface area contributed by atoms with Crippen LogP contribution >= 0.6 is 15.9 Å². The Hall–Kier alpha value is -1.67. The molecule has 2 rings (SSSR count). The summed E-state index contributed by atoms with van der Waals surface area (Å²) in [6.45, 7) is 1.80. The molecule has 0 fully saturated rings. The van der Waals surface area contributed by atoms with E-state index in [0.717, 1.165) is 28.2 Å². The van der Waals surface area contributed by atoms with Gasteiger partial charge in [0, 0.05) is 10.7 Å². The molecule has 8 heteroatoms. The van der Waals surface area contributed by atoms with E-state index in [1.165, 1.54) is 6.20 Å². The third-order valence-electron chi connectivity index (χ3n) is 2.55. The minimum Gasteiger partial charge on any atom is -0.398 e. The maximum Gasteiger partial charge on any atom is 0.265 e. The lowest BCUT2D eigenvalue weighted by Gasteiger charge is -2.10. The van der Waals surface area contributed by atoms with Crippen LogP contribution in [0.1, 0.15) is 5.56 Å². The molecule has 0 radical (unpaired) electrons. The summed E-state index contributed by atoms with van der Waals surface area (Å²) in [4.78, 5) is 3.75. The zero-order valence-corrected chi connectivity index (χ0v) is 12.8. The van der Waals surface area contributed by atoms with E-state index in [1.54, 1.807) is 13.0 Å². The smallest absolute Gasteiger partial charge is 0.265 e. The molecule has 1 heterocycles. The van der Waals surface area contributed by atoms with Crippen LogP contribution in [-0.4, -0.2) is 13.4 Å². The van der Waals surface area contributed by atoms with Crippen molar-refractivity contribution in [3.63, 3.8) is 0 Å². The summed E-state index contributed by atoms with van der Waals surface area (Å²) in [6.07, 6.45) is 1.49. The Kier molecular flexibility index (Phi) is 3.96. The fourth-order valence-corrected chi connectivity index (χ4v) is 2.88. The molecule has 20 heavy (non-hydrogen) atoms. The molecule has 1 aromatic heterocycles. The first-order chi connectivity index (χ1) is 9.29. The fourth-order valence-electron chi connectivity index (χ4n) is 1.55. The molecule has 0 aliphatic rings. The van der Waals surface area contributed by atoms with Crippen LogP contribution in [0.5, 0.6) is 0 Å². The fraction of sp³-hybridized carbons (Fsp3) is 0.0833. The average Bonchev–Trinajstić information content (AvgIpc) is 2.33. The normalized spacial score (nSPS) is 11.3. The maximum absolute atomic E-state index is 12.9. The van der Waals surface area contributed by atoms with E-state index >= 15 is 0 Å². The first kappa shape index (κ1) is 14.7. The Morgan fingerprint density at radius 3 is 2.65 bits per heavy atom. The second-order valence-corrected chi connectivity index (χ2v) is 6.61. The number of nitrogens with one attached hydrogen (secondary N) is 1. The number of nitrogen functional groups attached to an aromatic ring is 1. The summed E-state index contributed by atoms with van der Waals surface area (Å²) in [5.41, 5.74) is 6.19. The Morgan fingerprint density at radius 1 is 1.35 bits per heavy atom. The molecule has 3 N–H and O–H groups in total. The number of pyridine rings is 1. The molecule has 0 bridgehead atoms. The molecular weight excluding hydrogens is 349 g/mol. The summed E-state index contributed by atoms with van der Waals surface area (Å²) in [5.74, 6) is -0.437. The van der Waals surface area contributed by atoms with Crippen LogP contribution in [0, 0.1) is 12.7 Å². The van der Waals surface area contributed by atoms with Gasteiger partial charge in [-0.3, -0.25) is 4.72 Å². The van der Waals surface area contributed by atoms with Gasteiger partial charge in [0.2, 0.25) is 0 Å². The van der Waals surface area contributed by atoms with Crippen LogP contribution in [0.15, 0.2) is 39.8 Å². The number of benzene rings is 1. The van der Waals surface area contributed by atoms with Gasteiger partial charge in [-0.2, -0.15) is 0 Å². The minimum atomic E-state index is -3.91. The highest BCUT2D eigenvalue weighted by Crippen LogP contribution is 2.23. The van der Waals surface area contributed by atoms with Crippen LogP contribution in [0.4, 0.5) is 15.9 Å². The van der Waals surface area contributed by atoms with Crippen LogP contribution < -0.4 is 10.5 Å². The number of aromatic nitrogens is 1. The summed E-state index contributed by atoms with van der Waals surface area (Å²) in [6, 6.07) is 4.67. The molecule has 0 atom stereocenters. The molecule has 1 aromatic carbocycles. The molecule has 0 spiro atoms. The van der Waals surface area contributed by atoms with Crippen molar-refractivity contribution in [3.8, 4) is 0 Å². The number of nitrogens with zero attached hydrogens (tertiary/aromatic N) is 1. The van der Waals surface area contributed by atoms with Gasteiger partial charge in [-0.05, 0) is 52.7 Å². The Bertz CT molecular complexity index is 765. The van der Waals surface area contributed by atoms with Gasteiger partial charge in [-0.1, -0.05) is 0 Å². The van der Waals surface area contributed by atoms with Gasteiger partial charge < -0.3 is 5.73 Å². The van der Waals surface area contributed by atoms with Crippen molar-refractivity contribution in [2.75, 3.05) is 10.5 Å². The average molecular weight is 360 g/mol. The number of sulfonamides is 1. The predicted octanol–water partition coefficient (Wildman–Crippen LogP) is 2.67. The van der Waals surface area contributed by atoms with E-state index in [2.05, 4.69) is 25.6 Å². The highest BCUT2D eigenvalue weighted by atomic mass is 79.9. The van der Waals surface area contributed by atoms with E-state index in [-0.39, 0.29) is 16.4 Å². The van der Waals surface area contributed by atoms with Crippen molar-refractivity contribution in [1.82, 2.24) is 4.98 Å². The molecule has 0 unspecified atom stereocenters. The van der Waals surface area contributed by atoms with E-state index < -0.39 is 15.8 Å². The molecule has 0 saturated carbocycles. The molecule has 0 aliphatic heterocycles. The second-order valence-electron chi connectivity index (χ2n) is 4.11. The molecule has 5 nitrogen and oxygen atoms in total. The maximum atomic E-state index is 12.9. The molecular formula is C12H11BrFN3O2S. The first-order valence-electron chi connectivity index (χ1n) is 5.49. The monoisotopic (exact) mass is 359 g/mol. The summed E-state index contributed by atoms with van der Waals surface area (Å²) < 4.78 is 40.3. The third-order valence-corrected chi connectivity index (χ3v) is 4.81. The first-order valence-corrected chi connectivity index (χ1v) is 7.77. The topological polar surface area (TPSA) is 85.1 Å². The number of aryl methyl sites for hydroxylation is 1. The van der Waals surface area contributed by atoms with Crippen LogP contribution in [0.2, 0.25) is 0 Å². The Labute approximate surface area is 124 Å². The largest absolute Gasteiger partial charge is 0.398 e. The van der Waals surface area contributed by atoms with Crippen molar-refractivity contribution in [2.45, 2.75) is 11.8 Å². The van der Waals surface area contributed by atoms with Crippen molar-refractivity contribution in [2.24, 2.45) is 0 Å². The zero-order valence-electron chi connectivity index (χ0n) is 10.4. The Morgan fingerprint density at radius 2 is 2.05 bits per heavy atom. The predicted molar refractivity (Wildman–Crippen MR) is 78.3 cm³/mol. The quantitative estimate of drug-likeness (QED) is 0.825. The number of hydrogen-bond acceptors (Lipinski definition) is 4. The summed E-state index contributed by atoms with van der Waals surface area (Å²) in [5, 5.41) is 0. The van der Waals surface area contributed by atoms with E-state index in [0.29, 0.717) is 0 Å². The van der Waals surface area contributed by atoms with E-state index in [1.807, 2.05) is 0 Å². The molecule has 2 aromatic rings. The van der Waals surface area contributed by atoms with E-state index in [9.17, 15) is 12.8 Å². The van der Waals surface area contributed by atoms with Crippen LogP contribution in [0.3, 0.4) is 0 Å². The van der Waals surface area contributed by atoms with Gasteiger partial charge in [0.25, 0.3) is 10.0 Å². The molecule has 0 aliphatic carbocycles. The standard InChI is InChI=1S/C12H11BrFN3O2S/c1-7-4-12(16-6-9(7)13)17-20(18,19)11-3-2-8(14)5-10(11)15/h2-6H,15H2,1H3,(H,16,17). The summed E-state index contributed by atoms with van der Waals surface area (Å²) >= 11 is 3.27. The Balaban J connectivity index is 2.38. The number of nitrogens with two attached hydrogens (primary N) is 1. The summed E-state index contributed by atoms with van der Waals surface area (Å²) in [7, 11) is -3.91. The molecule has 106 valence electrons. The lowest BCUT2D eigenvalue weighted by atomic mass is 10.3. The van der Waals surface area contributed by atoms with Gasteiger partial charge in [-0.15, -0.1) is 0 Å². The highest BCUT2D eigenvalue weighted by Gasteiger charge is 2.18. The molecule has 0 saturated heterocycles. The van der Waals surface area contributed by atoms with Gasteiger partial charge in [-0.25, -0.2) is 17.8 Å². The number of rotatable bonds is 3. The van der Waals surface area contributed by atoms with Crippen molar-refractivity contribution in [3.05, 3.63) is 46.3 Å². The van der Waals surface area contributed by atoms with Crippen LogP contribution in [0.25, 0.3) is 0 Å². The minimum absolute atomic E-state index is 0.161. The lowest BCUT2D eigenvalue weighted by Crippen LogP contribution is -2.15. The lowest BCUT2D eigenvalue weighted by molar-refractivity contribution is 0.600. The van der Waals surface area contributed by atoms with Gasteiger partial charge >= 0.3 is 0 Å². The zero-order chi connectivity index (χ0) is 14.9. The SMILES string of the molecule is Cc1cc(NS(=O)(=O)c2ccc(F)cc2N)ncc1Br. The van der Waals surface area contributed by atoms with Crippen molar-refractivity contribution in [1.29, 1.82) is 0 Å². The van der Waals surface area contributed by atoms with Crippen LogP contribution in [-0.2, 0) is 10.0 Å². The number of hydrogen-bond donors (Lipinski definition) is 2. The third kappa shape index (κ3) is 3.07. The number of halogens is 2. The van der Waals surface area contributed by atoms with Gasteiger partial charge in [0.1, 0.15) is 16.5 Å². The highest BCUT2D eigenvalue weighted by molar-refractivity contribution is 9.10. The van der Waals surface area contributed by atoms with Crippen molar-refractivity contribution >= 4 is 37.5 Å². The van der Waals surface area contributed by atoms with Gasteiger partial charge in [0.05, 0.1) is 5.69 Å². The second kappa shape index (κ2) is 5.37. The molecule has 0 amide bonds. The number of anilines is 2. The van der Waals surface area contributed by atoms with Gasteiger partial charge in [0.15, 0.2) is 0 Å². The van der Waals surface area contributed by atoms with Crippen molar-refractivity contribution < 1.29 is 12.8 Å². The van der Waals surface area contributed by atoms with E-state index in [4.69, 9.17) is 5.73 Å².